The second-order valence-electron chi connectivity index (χ2n) is 3.75. The predicted molar refractivity (Wildman–Crippen MR) is 65.3 cm³/mol. The molecule has 4 nitrogen and oxygen atoms in total. The molecular weight excluding hydrogens is 224 g/mol. The van der Waals surface area contributed by atoms with Crippen LogP contribution in [0.5, 0.6) is 0 Å². The van der Waals surface area contributed by atoms with Gasteiger partial charge in [0.25, 0.3) is 0 Å². The van der Waals surface area contributed by atoms with Gasteiger partial charge in [-0.05, 0) is 37.1 Å². The van der Waals surface area contributed by atoms with Gasteiger partial charge >= 0.3 is 0 Å². The Morgan fingerprint density at radius 3 is 1.61 bits per heavy atom. The van der Waals surface area contributed by atoms with Crippen LogP contribution in [0.25, 0.3) is 0 Å². The molecule has 18 heavy (non-hydrogen) atoms. The van der Waals surface area contributed by atoms with Crippen molar-refractivity contribution in [1.82, 2.24) is 9.97 Å². The van der Waals surface area contributed by atoms with Crippen LogP contribution in [-0.2, 0) is 12.8 Å². The van der Waals surface area contributed by atoms with Crippen molar-refractivity contribution in [3.05, 3.63) is 59.2 Å². The first-order valence-corrected chi connectivity index (χ1v) is 5.54. The van der Waals surface area contributed by atoms with Crippen molar-refractivity contribution >= 4 is 0 Å². The minimum atomic E-state index is 0.422. The smallest absolute Gasteiger partial charge is 0.140 e. The first-order valence-electron chi connectivity index (χ1n) is 5.54. The summed E-state index contributed by atoms with van der Waals surface area (Å²) in [4.78, 5) is 8.39. The molecule has 86 valence electrons. The number of nitrogens with zero attached hydrogens (tertiary/aromatic N) is 4. The van der Waals surface area contributed by atoms with Gasteiger partial charge in [0.15, 0.2) is 0 Å². The number of aromatic nitrogens is 2. The molecule has 0 saturated heterocycles. The Hall–Kier alpha value is -2.72. The van der Waals surface area contributed by atoms with Crippen molar-refractivity contribution in [2.75, 3.05) is 0 Å². The standard InChI is InChI=1S/C14H10N4/c15-9-13-5-1-3-11(17-13)7-8-12-4-2-6-14(10-16)18-12/h1-6H,7-8H2. The van der Waals surface area contributed by atoms with Crippen molar-refractivity contribution in [2.45, 2.75) is 12.8 Å². The zero-order valence-corrected chi connectivity index (χ0v) is 9.67. The van der Waals surface area contributed by atoms with Gasteiger partial charge in [0.05, 0.1) is 0 Å². The molecule has 2 rings (SSSR count). The largest absolute Gasteiger partial charge is 0.242 e. The van der Waals surface area contributed by atoms with E-state index in [0.717, 1.165) is 11.4 Å². The third kappa shape index (κ3) is 2.90. The second kappa shape index (κ2) is 5.56. The van der Waals surface area contributed by atoms with Gasteiger partial charge in [-0.15, -0.1) is 0 Å². The second-order valence-corrected chi connectivity index (χ2v) is 3.75. The van der Waals surface area contributed by atoms with Crippen molar-refractivity contribution in [3.63, 3.8) is 0 Å². The number of rotatable bonds is 3. The lowest BCUT2D eigenvalue weighted by Crippen LogP contribution is -1.98. The highest BCUT2D eigenvalue weighted by Crippen LogP contribution is 2.05. The molecule has 0 atom stereocenters. The van der Waals surface area contributed by atoms with Gasteiger partial charge in [-0.2, -0.15) is 10.5 Å². The highest BCUT2D eigenvalue weighted by molar-refractivity contribution is 5.24. The Labute approximate surface area is 105 Å². The van der Waals surface area contributed by atoms with E-state index in [2.05, 4.69) is 9.97 Å². The van der Waals surface area contributed by atoms with Crippen LogP contribution in [0, 0.1) is 22.7 Å². The van der Waals surface area contributed by atoms with Gasteiger partial charge < -0.3 is 0 Å². The molecule has 0 aliphatic rings. The lowest BCUT2D eigenvalue weighted by Gasteiger charge is -2.01. The molecule has 2 aromatic heterocycles. The van der Waals surface area contributed by atoms with E-state index in [0.29, 0.717) is 24.2 Å². The maximum absolute atomic E-state index is 8.75. The maximum atomic E-state index is 8.75. The van der Waals surface area contributed by atoms with Crippen LogP contribution < -0.4 is 0 Å². The summed E-state index contributed by atoms with van der Waals surface area (Å²) >= 11 is 0. The highest BCUT2D eigenvalue weighted by Gasteiger charge is 2.01. The van der Waals surface area contributed by atoms with Crippen molar-refractivity contribution in [1.29, 1.82) is 10.5 Å². The van der Waals surface area contributed by atoms with Crippen LogP contribution in [0.4, 0.5) is 0 Å². The van der Waals surface area contributed by atoms with Gasteiger partial charge in [-0.3, -0.25) is 0 Å². The molecule has 0 aliphatic heterocycles. The number of hydrogen-bond acceptors (Lipinski definition) is 4. The normalized spacial score (nSPS) is 9.44. The summed E-state index contributed by atoms with van der Waals surface area (Å²) in [6, 6.07) is 14.8. The van der Waals surface area contributed by atoms with Gasteiger partial charge in [-0.25, -0.2) is 9.97 Å². The minimum absolute atomic E-state index is 0.422. The Morgan fingerprint density at radius 2 is 1.22 bits per heavy atom. The summed E-state index contributed by atoms with van der Waals surface area (Å²) in [5.41, 5.74) is 2.56. The molecule has 0 aromatic carbocycles. The Bertz CT molecular complexity index is 577. The average molecular weight is 234 g/mol. The van der Waals surface area contributed by atoms with Crippen LogP contribution in [0.2, 0.25) is 0 Å². The summed E-state index contributed by atoms with van der Waals surface area (Å²) in [6.45, 7) is 0. The van der Waals surface area contributed by atoms with E-state index >= 15 is 0 Å². The minimum Gasteiger partial charge on any atom is -0.242 e. The van der Waals surface area contributed by atoms with Crippen LogP contribution in [-0.4, -0.2) is 9.97 Å². The maximum Gasteiger partial charge on any atom is 0.140 e. The summed E-state index contributed by atoms with van der Waals surface area (Å²) in [5, 5.41) is 17.5. The molecule has 0 fully saturated rings. The van der Waals surface area contributed by atoms with Crippen LogP contribution in [0.1, 0.15) is 22.8 Å². The molecule has 0 bridgehead atoms. The molecule has 0 amide bonds. The summed E-state index contributed by atoms with van der Waals surface area (Å²) in [5.74, 6) is 0. The van der Waals surface area contributed by atoms with E-state index in [1.54, 1.807) is 12.1 Å². The predicted octanol–water partition coefficient (Wildman–Crippen LogP) is 2.01. The fourth-order valence-corrected chi connectivity index (χ4v) is 1.62. The zero-order chi connectivity index (χ0) is 12.8. The third-order valence-corrected chi connectivity index (χ3v) is 2.48. The lowest BCUT2D eigenvalue weighted by atomic mass is 10.1. The highest BCUT2D eigenvalue weighted by atomic mass is 14.7. The van der Waals surface area contributed by atoms with Crippen molar-refractivity contribution in [3.8, 4) is 12.1 Å². The molecule has 0 saturated carbocycles. The van der Waals surface area contributed by atoms with Crippen LogP contribution in [0.3, 0.4) is 0 Å². The molecule has 0 N–H and O–H groups in total. The molecule has 2 heterocycles. The topological polar surface area (TPSA) is 73.4 Å². The summed E-state index contributed by atoms with van der Waals surface area (Å²) in [6.07, 6.45) is 1.41. The first kappa shape index (κ1) is 11.8. The van der Waals surface area contributed by atoms with E-state index in [9.17, 15) is 0 Å². The fraction of sp³-hybridized carbons (Fsp3) is 0.143. The van der Waals surface area contributed by atoms with E-state index in [4.69, 9.17) is 10.5 Å². The Morgan fingerprint density at radius 1 is 0.778 bits per heavy atom. The van der Waals surface area contributed by atoms with Crippen LogP contribution in [0.15, 0.2) is 36.4 Å². The SMILES string of the molecule is N#Cc1cccc(CCc2cccc(C#N)n2)n1. The summed E-state index contributed by atoms with van der Waals surface area (Å²) < 4.78 is 0. The number of nitriles is 2. The van der Waals surface area contributed by atoms with Gasteiger partial charge in [0.1, 0.15) is 23.5 Å². The van der Waals surface area contributed by atoms with E-state index < -0.39 is 0 Å². The Kier molecular flexibility index (Phi) is 3.63. The lowest BCUT2D eigenvalue weighted by molar-refractivity contribution is 0.874. The molecule has 2 aromatic rings. The van der Waals surface area contributed by atoms with Gasteiger partial charge in [0, 0.05) is 11.4 Å². The van der Waals surface area contributed by atoms with Crippen molar-refractivity contribution < 1.29 is 0 Å². The van der Waals surface area contributed by atoms with Crippen LogP contribution >= 0.6 is 0 Å². The summed E-state index contributed by atoms with van der Waals surface area (Å²) in [7, 11) is 0. The molecule has 0 aliphatic carbocycles. The molecule has 0 unspecified atom stereocenters. The molecule has 0 spiro atoms. The monoisotopic (exact) mass is 234 g/mol. The number of pyridine rings is 2. The molecular formula is C14H10N4. The van der Waals surface area contributed by atoms with Gasteiger partial charge in [-0.1, -0.05) is 12.1 Å². The fourth-order valence-electron chi connectivity index (χ4n) is 1.62. The van der Waals surface area contributed by atoms with Gasteiger partial charge in [0.2, 0.25) is 0 Å². The number of hydrogen-bond donors (Lipinski definition) is 0. The quantitative estimate of drug-likeness (QED) is 0.814. The third-order valence-electron chi connectivity index (χ3n) is 2.48. The average Bonchev–Trinajstić information content (AvgIpc) is 2.45. The van der Waals surface area contributed by atoms with Crippen molar-refractivity contribution in [2.24, 2.45) is 0 Å². The van der Waals surface area contributed by atoms with E-state index in [-0.39, 0.29) is 0 Å². The van der Waals surface area contributed by atoms with E-state index in [1.165, 1.54) is 0 Å². The molecule has 0 radical (unpaired) electrons. The Balaban J connectivity index is 2.07. The number of aryl methyl sites for hydroxylation is 2. The van der Waals surface area contributed by atoms with E-state index in [1.807, 2.05) is 36.4 Å². The first-order chi connectivity index (χ1) is 8.81. The molecule has 4 heteroatoms. The zero-order valence-electron chi connectivity index (χ0n) is 9.67.